The molecule has 0 aromatic heterocycles. The summed E-state index contributed by atoms with van der Waals surface area (Å²) in [7, 11) is 0. The number of rotatable bonds is 6. The lowest BCUT2D eigenvalue weighted by Gasteiger charge is -2.38. The Morgan fingerprint density at radius 1 is 1.12 bits per heavy atom. The van der Waals surface area contributed by atoms with Crippen LogP contribution in [0.1, 0.15) is 13.3 Å². The summed E-state index contributed by atoms with van der Waals surface area (Å²) < 4.78 is 5.90. The number of hydrogen-bond acceptors (Lipinski definition) is 6. The van der Waals surface area contributed by atoms with E-state index < -0.39 is 6.04 Å². The highest BCUT2D eigenvalue weighted by molar-refractivity contribution is 9.10. The Morgan fingerprint density at radius 3 is 2.47 bits per heavy atom. The number of carbonyl (C=O) groups is 4. The summed E-state index contributed by atoms with van der Waals surface area (Å²) >= 11 is 3.34. The predicted molar refractivity (Wildman–Crippen MR) is 121 cm³/mol. The maximum atomic E-state index is 13.0. The quantitative estimate of drug-likeness (QED) is 0.588. The molecule has 0 radical (unpaired) electrons. The topological polar surface area (TPSA) is 111 Å². The number of nitrogens with one attached hydrogen (secondary N) is 2. The zero-order valence-electron chi connectivity index (χ0n) is 18.0. The molecule has 1 aromatic rings. The van der Waals surface area contributed by atoms with Crippen LogP contribution in [0.3, 0.4) is 0 Å². The molecule has 2 fully saturated rings. The van der Waals surface area contributed by atoms with Gasteiger partial charge in [-0.15, -0.1) is 0 Å². The smallest absolute Gasteiger partial charge is 0.409 e. The minimum atomic E-state index is -0.854. The molecule has 0 saturated carbocycles. The molecule has 0 aliphatic carbocycles. The van der Waals surface area contributed by atoms with Crippen molar-refractivity contribution in [3.63, 3.8) is 0 Å². The van der Waals surface area contributed by atoms with Gasteiger partial charge in [-0.05, 0) is 31.2 Å². The Kier molecular flexibility index (Phi) is 8.46. The predicted octanol–water partition coefficient (Wildman–Crippen LogP) is 0.879. The fraction of sp³-hybridized carbons (Fsp3) is 0.524. The third-order valence-corrected chi connectivity index (χ3v) is 5.94. The third-order valence-electron chi connectivity index (χ3n) is 5.42. The van der Waals surface area contributed by atoms with Crippen LogP contribution >= 0.6 is 15.9 Å². The van der Waals surface area contributed by atoms with Crippen molar-refractivity contribution >= 4 is 45.4 Å². The second-order valence-electron chi connectivity index (χ2n) is 7.62. The molecule has 3 rings (SSSR count). The molecule has 4 amide bonds. The van der Waals surface area contributed by atoms with Gasteiger partial charge in [-0.1, -0.05) is 15.9 Å². The van der Waals surface area contributed by atoms with Crippen molar-refractivity contribution in [1.29, 1.82) is 0 Å². The van der Waals surface area contributed by atoms with Gasteiger partial charge in [0.05, 0.1) is 19.6 Å². The first-order valence-corrected chi connectivity index (χ1v) is 11.4. The second kappa shape index (κ2) is 11.3. The molecule has 2 heterocycles. The number of carbonyl (C=O) groups excluding carboxylic acids is 4. The Labute approximate surface area is 195 Å². The van der Waals surface area contributed by atoms with Crippen LogP contribution in [0.4, 0.5) is 10.5 Å². The summed E-state index contributed by atoms with van der Waals surface area (Å²) in [5, 5.41) is 5.50. The van der Waals surface area contributed by atoms with Crippen LogP contribution in [0.25, 0.3) is 0 Å². The molecule has 0 bridgehead atoms. The van der Waals surface area contributed by atoms with Crippen LogP contribution in [-0.2, 0) is 19.1 Å². The van der Waals surface area contributed by atoms with Gasteiger partial charge in [0.2, 0.25) is 17.7 Å². The third kappa shape index (κ3) is 6.42. The Balaban J connectivity index is 1.54. The Morgan fingerprint density at radius 2 is 1.81 bits per heavy atom. The molecule has 1 aromatic carbocycles. The standard InChI is InChI=1S/C21H28BrN5O5/c1-2-32-21(31)26-11-9-25(10-12-26)14-19(29)27-8-7-23-20(30)17(27)13-18(28)24-16-5-3-15(22)4-6-16/h3-6,17H,2,7-14H2,1H3,(H,23,30)(H,24,28)/t17-/m1/s1. The normalized spacial score (nSPS) is 19.3. The van der Waals surface area contributed by atoms with Gasteiger partial charge in [0.1, 0.15) is 6.04 Å². The van der Waals surface area contributed by atoms with Crippen molar-refractivity contribution in [3.8, 4) is 0 Å². The van der Waals surface area contributed by atoms with Gasteiger partial charge in [0.25, 0.3) is 0 Å². The first kappa shape index (κ1) is 24.0. The average Bonchev–Trinajstić information content (AvgIpc) is 2.77. The van der Waals surface area contributed by atoms with Gasteiger partial charge in [-0.2, -0.15) is 0 Å². The molecule has 10 nitrogen and oxygen atoms in total. The molecular weight excluding hydrogens is 482 g/mol. The van der Waals surface area contributed by atoms with Gasteiger partial charge in [-0.25, -0.2) is 4.79 Å². The summed E-state index contributed by atoms with van der Waals surface area (Å²) in [5.74, 6) is -0.871. The molecule has 2 N–H and O–H groups in total. The highest BCUT2D eigenvalue weighted by atomic mass is 79.9. The molecule has 0 spiro atoms. The van der Waals surface area contributed by atoms with Crippen LogP contribution in [0.5, 0.6) is 0 Å². The van der Waals surface area contributed by atoms with Crippen molar-refractivity contribution < 1.29 is 23.9 Å². The lowest BCUT2D eigenvalue weighted by atomic mass is 10.1. The first-order valence-electron chi connectivity index (χ1n) is 10.6. The number of halogens is 1. The number of piperazine rings is 2. The summed E-state index contributed by atoms with van der Waals surface area (Å²) in [6.45, 7) is 4.96. The molecule has 2 saturated heterocycles. The SMILES string of the molecule is CCOC(=O)N1CCN(CC(=O)N2CCNC(=O)[C@H]2CC(=O)Nc2ccc(Br)cc2)CC1. The number of amides is 4. The molecule has 11 heteroatoms. The molecule has 2 aliphatic rings. The average molecular weight is 510 g/mol. The van der Waals surface area contributed by atoms with Crippen molar-refractivity contribution in [2.24, 2.45) is 0 Å². The van der Waals surface area contributed by atoms with E-state index in [-0.39, 0.29) is 36.8 Å². The molecule has 0 unspecified atom stereocenters. The van der Waals surface area contributed by atoms with E-state index in [1.54, 1.807) is 36.1 Å². The molecule has 2 aliphatic heterocycles. The van der Waals surface area contributed by atoms with E-state index in [1.165, 1.54) is 4.90 Å². The van der Waals surface area contributed by atoms with E-state index in [9.17, 15) is 19.2 Å². The largest absolute Gasteiger partial charge is 0.450 e. The van der Waals surface area contributed by atoms with Crippen molar-refractivity contribution in [3.05, 3.63) is 28.7 Å². The summed E-state index contributed by atoms with van der Waals surface area (Å²) in [6, 6.07) is 6.26. The van der Waals surface area contributed by atoms with Crippen LogP contribution in [0, 0.1) is 0 Å². The molecule has 32 heavy (non-hydrogen) atoms. The van der Waals surface area contributed by atoms with Crippen LogP contribution in [0.15, 0.2) is 28.7 Å². The van der Waals surface area contributed by atoms with Crippen molar-refractivity contribution in [2.75, 3.05) is 57.7 Å². The van der Waals surface area contributed by atoms with Gasteiger partial charge >= 0.3 is 6.09 Å². The maximum Gasteiger partial charge on any atom is 0.409 e. The highest BCUT2D eigenvalue weighted by Crippen LogP contribution is 2.16. The van der Waals surface area contributed by atoms with E-state index >= 15 is 0 Å². The number of hydrogen-bond donors (Lipinski definition) is 2. The van der Waals surface area contributed by atoms with Gasteiger partial charge in [-0.3, -0.25) is 19.3 Å². The minimum absolute atomic E-state index is 0.121. The summed E-state index contributed by atoms with van der Waals surface area (Å²) in [6.07, 6.45) is -0.465. The fourth-order valence-corrected chi connectivity index (χ4v) is 3.99. The monoisotopic (exact) mass is 509 g/mol. The van der Waals surface area contributed by atoms with Crippen molar-refractivity contribution in [2.45, 2.75) is 19.4 Å². The zero-order chi connectivity index (χ0) is 23.1. The fourth-order valence-electron chi connectivity index (χ4n) is 3.72. The van der Waals surface area contributed by atoms with Gasteiger partial charge in [0.15, 0.2) is 0 Å². The van der Waals surface area contributed by atoms with Crippen molar-refractivity contribution in [1.82, 2.24) is 20.0 Å². The van der Waals surface area contributed by atoms with E-state index in [4.69, 9.17) is 4.74 Å². The molecule has 174 valence electrons. The zero-order valence-corrected chi connectivity index (χ0v) is 19.6. The van der Waals surface area contributed by atoms with Gasteiger partial charge in [0, 0.05) is 49.4 Å². The Bertz CT molecular complexity index is 841. The number of anilines is 1. The Hall–Kier alpha value is -2.66. The minimum Gasteiger partial charge on any atom is -0.450 e. The van der Waals surface area contributed by atoms with Crippen LogP contribution in [0.2, 0.25) is 0 Å². The second-order valence-corrected chi connectivity index (χ2v) is 8.53. The van der Waals surface area contributed by atoms with Crippen LogP contribution < -0.4 is 10.6 Å². The van der Waals surface area contributed by atoms with Crippen LogP contribution in [-0.4, -0.2) is 97.0 Å². The van der Waals surface area contributed by atoms with E-state index in [0.717, 1.165) is 4.47 Å². The van der Waals surface area contributed by atoms with E-state index in [1.807, 2.05) is 4.90 Å². The maximum absolute atomic E-state index is 13.0. The summed E-state index contributed by atoms with van der Waals surface area (Å²) in [5.41, 5.74) is 0.617. The highest BCUT2D eigenvalue weighted by Gasteiger charge is 2.35. The molecular formula is C21H28BrN5O5. The number of nitrogens with zero attached hydrogens (tertiary/aromatic N) is 3. The lowest BCUT2D eigenvalue weighted by molar-refractivity contribution is -0.145. The lowest BCUT2D eigenvalue weighted by Crippen LogP contribution is -2.60. The summed E-state index contributed by atoms with van der Waals surface area (Å²) in [4.78, 5) is 54.8. The van der Waals surface area contributed by atoms with E-state index in [0.29, 0.717) is 51.6 Å². The number of benzene rings is 1. The number of ether oxygens (including phenoxy) is 1. The van der Waals surface area contributed by atoms with E-state index in [2.05, 4.69) is 26.6 Å². The van der Waals surface area contributed by atoms with Gasteiger partial charge < -0.3 is 25.2 Å². The first-order chi connectivity index (χ1) is 15.4. The molecule has 1 atom stereocenters.